The lowest BCUT2D eigenvalue weighted by molar-refractivity contribution is 0.407. The molecule has 0 atom stereocenters. The molecule has 0 unspecified atom stereocenters. The third-order valence-electron chi connectivity index (χ3n) is 4.86. The summed E-state index contributed by atoms with van der Waals surface area (Å²) in [5.74, 6) is 0. The highest BCUT2D eigenvalue weighted by Gasteiger charge is 2.29. The van der Waals surface area contributed by atoms with Crippen LogP contribution in [0.2, 0.25) is 0 Å². The van der Waals surface area contributed by atoms with Gasteiger partial charge >= 0.3 is 0 Å². The molecule has 1 aliphatic heterocycles. The van der Waals surface area contributed by atoms with E-state index < -0.39 is 10.0 Å². The number of benzene rings is 1. The summed E-state index contributed by atoms with van der Waals surface area (Å²) in [5.41, 5.74) is 2.70. The molecule has 0 N–H and O–H groups in total. The normalized spacial score (nSPS) is 15.4. The van der Waals surface area contributed by atoms with E-state index in [0.717, 1.165) is 23.4 Å². The Hall–Kier alpha value is -2.52. The maximum absolute atomic E-state index is 13.2. The Kier molecular flexibility index (Phi) is 4.79. The summed E-state index contributed by atoms with van der Waals surface area (Å²) < 4.78 is 31.4. The zero-order chi connectivity index (χ0) is 18.9. The molecular weight excluding hydrogens is 364 g/mol. The molecule has 0 saturated heterocycles. The molecule has 8 nitrogen and oxygen atoms in total. The summed E-state index contributed by atoms with van der Waals surface area (Å²) in [4.78, 5) is 0.328. The van der Waals surface area contributed by atoms with Crippen LogP contribution in [-0.4, -0.2) is 44.0 Å². The van der Waals surface area contributed by atoms with Gasteiger partial charge in [0.2, 0.25) is 10.0 Å². The van der Waals surface area contributed by atoms with E-state index >= 15 is 0 Å². The first-order chi connectivity index (χ1) is 13.1. The summed E-state index contributed by atoms with van der Waals surface area (Å²) in [6.45, 7) is 3.90. The van der Waals surface area contributed by atoms with Crippen LogP contribution >= 0.6 is 0 Å². The Morgan fingerprint density at radius 1 is 1.15 bits per heavy atom. The fourth-order valence-corrected chi connectivity index (χ4v) is 4.73. The van der Waals surface area contributed by atoms with Crippen molar-refractivity contribution >= 4 is 10.0 Å². The molecule has 1 aromatic carbocycles. The molecule has 0 saturated carbocycles. The van der Waals surface area contributed by atoms with Gasteiger partial charge in [-0.05, 0) is 36.6 Å². The third kappa shape index (κ3) is 3.52. The van der Waals surface area contributed by atoms with E-state index in [1.807, 2.05) is 36.0 Å². The fourth-order valence-electron chi connectivity index (χ4n) is 3.29. The number of fused-ring (bicyclic) bond motifs is 1. The van der Waals surface area contributed by atoms with Gasteiger partial charge in [0.25, 0.3) is 0 Å². The van der Waals surface area contributed by atoms with E-state index in [0.29, 0.717) is 31.0 Å². The van der Waals surface area contributed by atoms with Crippen molar-refractivity contribution in [3.63, 3.8) is 0 Å². The van der Waals surface area contributed by atoms with E-state index in [2.05, 4.69) is 15.4 Å². The van der Waals surface area contributed by atoms with Crippen LogP contribution in [0.3, 0.4) is 0 Å². The average Bonchev–Trinajstić information content (AvgIpc) is 3.26. The first-order valence-electron chi connectivity index (χ1n) is 9.05. The standard InChI is InChI=1S/C18H22N6O2S/c1-2-15-5-7-16(8-6-15)27(25,26)23-11-4-12-24-18(14-23)17(20-21-24)13-22-10-3-9-19-22/h3,5-10H,2,4,11-14H2,1H3. The second kappa shape index (κ2) is 7.24. The van der Waals surface area contributed by atoms with Gasteiger partial charge in [0.1, 0.15) is 5.69 Å². The number of aromatic nitrogens is 5. The molecule has 0 fully saturated rings. The zero-order valence-electron chi connectivity index (χ0n) is 15.2. The van der Waals surface area contributed by atoms with Crippen molar-refractivity contribution in [3.05, 3.63) is 59.7 Å². The van der Waals surface area contributed by atoms with Gasteiger partial charge in [-0.2, -0.15) is 9.40 Å². The topological polar surface area (TPSA) is 85.9 Å². The first-order valence-corrected chi connectivity index (χ1v) is 10.5. The predicted octanol–water partition coefficient (Wildman–Crippen LogP) is 1.68. The molecule has 142 valence electrons. The largest absolute Gasteiger partial charge is 0.267 e. The molecule has 0 radical (unpaired) electrons. The van der Waals surface area contributed by atoms with Crippen LogP contribution in [0.25, 0.3) is 0 Å². The van der Waals surface area contributed by atoms with E-state index in [1.165, 1.54) is 4.31 Å². The molecule has 2 aromatic heterocycles. The smallest absolute Gasteiger partial charge is 0.243 e. The van der Waals surface area contributed by atoms with Crippen LogP contribution in [0.1, 0.15) is 30.3 Å². The van der Waals surface area contributed by atoms with Crippen LogP contribution in [-0.2, 0) is 36.1 Å². The summed E-state index contributed by atoms with van der Waals surface area (Å²) in [6, 6.07) is 8.98. The van der Waals surface area contributed by atoms with Crippen molar-refractivity contribution < 1.29 is 8.42 Å². The Labute approximate surface area is 158 Å². The van der Waals surface area contributed by atoms with Crippen LogP contribution in [0, 0.1) is 0 Å². The van der Waals surface area contributed by atoms with Gasteiger partial charge in [-0.1, -0.05) is 24.3 Å². The maximum Gasteiger partial charge on any atom is 0.243 e. The second-order valence-corrected chi connectivity index (χ2v) is 8.54. The van der Waals surface area contributed by atoms with Crippen LogP contribution in [0.15, 0.2) is 47.6 Å². The minimum Gasteiger partial charge on any atom is -0.267 e. The van der Waals surface area contributed by atoms with E-state index in [-0.39, 0.29) is 6.54 Å². The zero-order valence-corrected chi connectivity index (χ0v) is 16.0. The Morgan fingerprint density at radius 3 is 2.67 bits per heavy atom. The van der Waals surface area contributed by atoms with Crippen molar-refractivity contribution in [1.29, 1.82) is 0 Å². The van der Waals surface area contributed by atoms with E-state index in [1.54, 1.807) is 23.0 Å². The van der Waals surface area contributed by atoms with E-state index in [4.69, 9.17) is 0 Å². The van der Waals surface area contributed by atoms with Crippen molar-refractivity contribution in [2.24, 2.45) is 0 Å². The number of rotatable bonds is 5. The number of hydrogen-bond acceptors (Lipinski definition) is 5. The number of hydrogen-bond donors (Lipinski definition) is 0. The van der Waals surface area contributed by atoms with Gasteiger partial charge in [0, 0.05) is 25.5 Å². The van der Waals surface area contributed by atoms with Crippen LogP contribution in [0.5, 0.6) is 0 Å². The fraction of sp³-hybridized carbons (Fsp3) is 0.389. The highest BCUT2D eigenvalue weighted by molar-refractivity contribution is 7.89. The van der Waals surface area contributed by atoms with Crippen LogP contribution in [0.4, 0.5) is 0 Å². The molecule has 0 spiro atoms. The van der Waals surface area contributed by atoms with Gasteiger partial charge in [0.05, 0.1) is 23.7 Å². The molecule has 3 aromatic rings. The summed E-state index contributed by atoms with van der Waals surface area (Å²) in [6.07, 6.45) is 5.14. The van der Waals surface area contributed by atoms with Gasteiger partial charge in [-0.25, -0.2) is 13.1 Å². The molecule has 3 heterocycles. The average molecular weight is 386 g/mol. The summed E-state index contributed by atoms with van der Waals surface area (Å²) >= 11 is 0. The van der Waals surface area contributed by atoms with Crippen molar-refractivity contribution in [2.45, 2.75) is 44.3 Å². The third-order valence-corrected chi connectivity index (χ3v) is 6.72. The summed E-state index contributed by atoms with van der Waals surface area (Å²) in [7, 11) is -3.57. The molecule has 1 aliphatic rings. The molecule has 0 aliphatic carbocycles. The highest BCUT2D eigenvalue weighted by Crippen LogP contribution is 2.23. The van der Waals surface area contributed by atoms with Crippen LogP contribution < -0.4 is 0 Å². The highest BCUT2D eigenvalue weighted by atomic mass is 32.2. The second-order valence-electron chi connectivity index (χ2n) is 6.60. The van der Waals surface area contributed by atoms with Gasteiger partial charge in [0.15, 0.2) is 0 Å². The molecular formula is C18H22N6O2S. The van der Waals surface area contributed by atoms with Gasteiger partial charge in [-0.3, -0.25) is 4.68 Å². The lowest BCUT2D eigenvalue weighted by Crippen LogP contribution is -2.31. The van der Waals surface area contributed by atoms with Gasteiger partial charge in [-0.15, -0.1) is 5.10 Å². The molecule has 27 heavy (non-hydrogen) atoms. The Morgan fingerprint density at radius 2 is 1.96 bits per heavy atom. The minimum atomic E-state index is -3.57. The number of sulfonamides is 1. The molecule has 0 amide bonds. The minimum absolute atomic E-state index is 0.265. The van der Waals surface area contributed by atoms with Crippen molar-refractivity contribution in [1.82, 2.24) is 29.1 Å². The van der Waals surface area contributed by atoms with Gasteiger partial charge < -0.3 is 0 Å². The lowest BCUT2D eigenvalue weighted by Gasteiger charge is -2.20. The van der Waals surface area contributed by atoms with Crippen molar-refractivity contribution in [3.8, 4) is 0 Å². The summed E-state index contributed by atoms with van der Waals surface area (Å²) in [5, 5.41) is 12.7. The van der Waals surface area contributed by atoms with E-state index in [9.17, 15) is 8.42 Å². The SMILES string of the molecule is CCc1ccc(S(=O)(=O)N2CCCn3nnc(Cn4cccn4)c3C2)cc1. The molecule has 0 bridgehead atoms. The first kappa shape index (κ1) is 17.9. The maximum atomic E-state index is 13.2. The number of aryl methyl sites for hydroxylation is 2. The molecule has 9 heteroatoms. The Balaban J connectivity index is 1.63. The lowest BCUT2D eigenvalue weighted by atomic mass is 10.2. The van der Waals surface area contributed by atoms with Crippen molar-refractivity contribution in [2.75, 3.05) is 6.54 Å². The quantitative estimate of drug-likeness (QED) is 0.666. The number of nitrogens with zero attached hydrogens (tertiary/aromatic N) is 6. The Bertz CT molecular complexity index is 1010. The monoisotopic (exact) mass is 386 g/mol. The molecule has 4 rings (SSSR count). The predicted molar refractivity (Wildman–Crippen MR) is 99.4 cm³/mol.